The van der Waals surface area contributed by atoms with Crippen molar-refractivity contribution in [3.05, 3.63) is 64.7 Å². The predicted octanol–water partition coefficient (Wildman–Crippen LogP) is -6.03. The Morgan fingerprint density at radius 2 is 1.36 bits per heavy atom. The number of allylic oxidation sites excluding steroid dienone is 1. The number of pyridine rings is 2. The van der Waals surface area contributed by atoms with Gasteiger partial charge in [0, 0.05) is 35.5 Å². The van der Waals surface area contributed by atoms with Crippen LogP contribution >= 0.6 is 11.6 Å². The molecule has 53 heavy (non-hydrogen) atoms. The molecular formula is C36H48ClCs2IKN3O9. The molecule has 0 amide bonds. The quantitative estimate of drug-likeness (QED) is 0.0439. The summed E-state index contributed by atoms with van der Waals surface area (Å²) < 4.78 is 12.7. The summed E-state index contributed by atoms with van der Waals surface area (Å²) in [4.78, 5) is 66.4. The smallest absolute Gasteiger partial charge is 1.00 e. The first-order valence-electron chi connectivity index (χ1n) is 15.5. The molecule has 0 saturated carbocycles. The zero-order valence-electron chi connectivity index (χ0n) is 34.7. The second-order valence-corrected chi connectivity index (χ2v) is 13.9. The number of esters is 2. The molecule has 0 aromatic carbocycles. The van der Waals surface area contributed by atoms with Crippen LogP contribution in [0.4, 0.5) is 0 Å². The largest absolute Gasteiger partial charge is 1.00 e. The van der Waals surface area contributed by atoms with Crippen LogP contribution in [0.2, 0.25) is 0 Å². The average Bonchev–Trinajstić information content (AvgIpc) is 3.48. The topological polar surface area (TPSA) is 167 Å². The second-order valence-electron chi connectivity index (χ2n) is 13.2. The number of ketones is 2. The first-order chi connectivity index (χ1) is 22.6. The van der Waals surface area contributed by atoms with Gasteiger partial charge in [-0.1, -0.05) is 11.6 Å². The molecule has 17 heteroatoms. The van der Waals surface area contributed by atoms with Gasteiger partial charge in [0.25, 0.3) is 6.47 Å². The summed E-state index contributed by atoms with van der Waals surface area (Å²) in [7, 11) is 0. The first-order valence-corrected chi connectivity index (χ1v) is 15.9. The van der Waals surface area contributed by atoms with E-state index in [0.717, 1.165) is 23.3 Å². The molecule has 0 radical (unpaired) electrons. The van der Waals surface area contributed by atoms with E-state index in [1.165, 1.54) is 13.8 Å². The van der Waals surface area contributed by atoms with E-state index < -0.39 is 17.2 Å². The van der Waals surface area contributed by atoms with E-state index in [9.17, 15) is 19.2 Å². The number of fused-ring (bicyclic) bond motifs is 2. The molecule has 2 atom stereocenters. The van der Waals surface area contributed by atoms with Crippen LogP contribution in [0, 0.1) is 6.92 Å². The van der Waals surface area contributed by atoms with Crippen LogP contribution < -0.4 is 218 Å². The standard InChI is InChI=1S/C17H22N2O3.C14H17NO2.C4H7ClO.CH2O3.2Cs.HI.K.H/c1-10(12(3)20)19-11(2)14(16(21)22-17(4,5)6)13-8-7-9-18-15(13)19;1-9-8-11-10(6-5-7-15-11)12(9)13(16)17-14(2,3)4;1-3(5)4(2)6;2-1-4-3;;;;;/h7-10H,1-6H3;5-7H,8H2,1-4H3;3H,1-2H3;1,3H;;;1H;;/q;;;;2*+1;;+1;-1/p-2. The number of halogens is 2. The Balaban J connectivity index is -0.000000224. The van der Waals surface area contributed by atoms with Crippen LogP contribution in [0.1, 0.15) is 111 Å². The van der Waals surface area contributed by atoms with E-state index in [4.69, 9.17) is 31.1 Å². The van der Waals surface area contributed by atoms with Crippen molar-refractivity contribution < 1.29 is 258 Å². The molecule has 3 aromatic heterocycles. The normalized spacial score (nSPS) is 12.2. The Hall–Kier alpha value is 2.05. The molecule has 3 heterocycles. The third-order valence-electron chi connectivity index (χ3n) is 6.81. The van der Waals surface area contributed by atoms with Gasteiger partial charge in [0.05, 0.1) is 28.2 Å². The molecule has 0 fully saturated rings. The van der Waals surface area contributed by atoms with Crippen molar-refractivity contribution >= 4 is 58.2 Å². The molecule has 278 valence electrons. The molecule has 0 spiro atoms. The minimum atomic E-state index is -0.577. The van der Waals surface area contributed by atoms with Crippen LogP contribution in [-0.4, -0.2) is 61.1 Å². The van der Waals surface area contributed by atoms with Gasteiger partial charge in [-0.15, -0.1) is 11.6 Å². The average molecular weight is 1130 g/mol. The number of rotatable bonds is 6. The fourth-order valence-corrected chi connectivity index (χ4v) is 4.49. The number of hydrogen-bond acceptors (Lipinski definition) is 11. The zero-order valence-corrected chi connectivity index (χ0v) is 52.3. The Labute approximate surface area is 496 Å². The van der Waals surface area contributed by atoms with Gasteiger partial charge in [0.15, 0.2) is 5.78 Å². The van der Waals surface area contributed by atoms with Crippen LogP contribution in [-0.2, 0) is 40.0 Å². The Morgan fingerprint density at radius 1 is 0.906 bits per heavy atom. The molecular weight excluding hydrogens is 1090 g/mol. The van der Waals surface area contributed by atoms with Crippen molar-refractivity contribution in [2.75, 3.05) is 0 Å². The van der Waals surface area contributed by atoms with Gasteiger partial charge < -0.3 is 49.6 Å². The van der Waals surface area contributed by atoms with E-state index >= 15 is 0 Å². The summed E-state index contributed by atoms with van der Waals surface area (Å²) in [5, 5.41) is 8.83. The summed E-state index contributed by atoms with van der Waals surface area (Å²) in [6.45, 7) is 21.2. The maximum atomic E-state index is 12.6. The van der Waals surface area contributed by atoms with Crippen LogP contribution in [0.3, 0.4) is 0 Å². The number of aromatic nitrogens is 3. The summed E-state index contributed by atoms with van der Waals surface area (Å²) in [5.74, 6) is -0.600. The maximum absolute atomic E-state index is 12.6. The molecule has 0 aliphatic heterocycles. The summed E-state index contributed by atoms with van der Waals surface area (Å²) >= 11 is 5.26. The van der Waals surface area contributed by atoms with Gasteiger partial charge in [0.1, 0.15) is 22.6 Å². The van der Waals surface area contributed by atoms with E-state index in [1.54, 1.807) is 30.0 Å². The third kappa shape index (κ3) is 21.2. The number of Topliss-reactive ketones (excluding diaryl/α,β-unsaturated/α-hetero) is 2. The predicted molar refractivity (Wildman–Crippen MR) is 186 cm³/mol. The van der Waals surface area contributed by atoms with Gasteiger partial charge in [-0.3, -0.25) is 19.4 Å². The van der Waals surface area contributed by atoms with Gasteiger partial charge in [-0.05, 0) is 101 Å². The fraction of sp³-hybridized carbons (Fsp3) is 0.472. The number of carbonyl (C=O) groups excluding carboxylic acids is 5. The van der Waals surface area contributed by atoms with Crippen molar-refractivity contribution in [3.8, 4) is 0 Å². The summed E-state index contributed by atoms with van der Waals surface area (Å²) in [6.07, 6.45) is 4.15. The van der Waals surface area contributed by atoms with Crippen molar-refractivity contribution in [2.45, 2.75) is 112 Å². The van der Waals surface area contributed by atoms with Gasteiger partial charge in [0.2, 0.25) is 0 Å². The van der Waals surface area contributed by atoms with Gasteiger partial charge in [-0.25, -0.2) is 14.6 Å². The molecule has 0 N–H and O–H groups in total. The Kier molecular flexibility index (Phi) is 34.1. The van der Waals surface area contributed by atoms with Crippen LogP contribution in [0.25, 0.3) is 16.6 Å². The van der Waals surface area contributed by atoms with Crippen molar-refractivity contribution in [1.82, 2.24) is 14.5 Å². The zero-order chi connectivity index (χ0) is 37.9. The van der Waals surface area contributed by atoms with Crippen LogP contribution in [0.5, 0.6) is 0 Å². The number of carbonyl (C=O) groups is 5. The minimum Gasteiger partial charge on any atom is -1.00 e. The van der Waals surface area contributed by atoms with Crippen molar-refractivity contribution in [2.24, 2.45) is 0 Å². The molecule has 2 unspecified atom stereocenters. The minimum absolute atomic E-state index is 0. The number of nitrogens with zero attached hydrogens (tertiary/aromatic N) is 3. The monoisotopic (exact) mass is 1130 g/mol. The van der Waals surface area contributed by atoms with E-state index in [-0.39, 0.29) is 250 Å². The molecule has 0 saturated heterocycles. The number of ether oxygens (including phenoxy) is 2. The van der Waals surface area contributed by atoms with E-state index in [2.05, 4.69) is 14.9 Å². The van der Waals surface area contributed by atoms with Crippen LogP contribution in [0.15, 0.2) is 42.2 Å². The second kappa shape index (κ2) is 29.3. The van der Waals surface area contributed by atoms with E-state index in [0.29, 0.717) is 27.9 Å². The molecule has 12 nitrogen and oxygen atoms in total. The number of hydrogen-bond donors (Lipinski definition) is 0. The van der Waals surface area contributed by atoms with Gasteiger partial charge >= 0.3 is 201 Å². The van der Waals surface area contributed by atoms with Crippen molar-refractivity contribution in [1.29, 1.82) is 0 Å². The third-order valence-corrected chi connectivity index (χ3v) is 7.11. The Bertz CT molecular complexity index is 1710. The molecule has 3 aromatic rings. The molecule has 1 aliphatic carbocycles. The van der Waals surface area contributed by atoms with Crippen molar-refractivity contribution in [3.63, 3.8) is 0 Å². The fourth-order valence-electron chi connectivity index (χ4n) is 4.49. The Morgan fingerprint density at radius 3 is 1.79 bits per heavy atom. The molecule has 1 aliphatic rings. The first kappa shape index (κ1) is 61.7. The molecule has 4 rings (SSSR count). The van der Waals surface area contributed by atoms with Gasteiger partial charge in [-0.2, -0.15) is 0 Å². The summed E-state index contributed by atoms with van der Waals surface area (Å²) in [6, 6.07) is 7.00. The summed E-state index contributed by atoms with van der Waals surface area (Å²) in [5.41, 5.74) is 4.36. The SMILES string of the molecule is CC(=O)C(C)Cl.CC(=O)C(C)n1c(C)c(C(=O)OC(C)(C)C)c2cccnc21.CC1=C(C(=O)OC(C)(C)C)c2cccnc2C1.O=CO[O-].[Cs+].[Cs+].[H-].[I-].[K+]. The maximum Gasteiger partial charge on any atom is 1.00 e. The molecule has 0 bridgehead atoms. The van der Waals surface area contributed by atoms with E-state index in [1.807, 2.05) is 80.5 Å². The number of alkyl halides is 1.